The summed E-state index contributed by atoms with van der Waals surface area (Å²) in [5.41, 5.74) is 3.74. The van der Waals surface area contributed by atoms with Crippen molar-refractivity contribution in [2.45, 2.75) is 51.2 Å². The summed E-state index contributed by atoms with van der Waals surface area (Å²) in [4.78, 5) is 9.58. The molecule has 188 valence electrons. The number of hydrogen-bond donors (Lipinski definition) is 0. The summed E-state index contributed by atoms with van der Waals surface area (Å²) in [6.07, 6.45) is 3.30. The number of nitrogens with zero attached hydrogens (tertiary/aromatic N) is 6. The number of anilines is 1. The Kier molecular flexibility index (Phi) is 5.27. The molecule has 0 unspecified atom stereocenters. The Bertz CT molecular complexity index is 1310. The number of aromatic nitrogens is 4. The topological polar surface area (TPSA) is 68.5 Å². The minimum Gasteiger partial charge on any atom is -0.493 e. The van der Waals surface area contributed by atoms with Crippen LogP contribution in [0, 0.1) is 12.3 Å². The highest BCUT2D eigenvalue weighted by Gasteiger charge is 2.55. The quantitative estimate of drug-likeness (QED) is 0.527. The van der Waals surface area contributed by atoms with E-state index in [0.29, 0.717) is 17.4 Å². The molecule has 0 radical (unpaired) electrons. The molecule has 2 saturated heterocycles. The number of rotatable bonds is 4. The summed E-state index contributed by atoms with van der Waals surface area (Å²) >= 11 is 6.44. The van der Waals surface area contributed by atoms with Gasteiger partial charge in [0.15, 0.2) is 17.4 Å². The third-order valence-electron chi connectivity index (χ3n) is 8.45. The highest BCUT2D eigenvalue weighted by Crippen LogP contribution is 2.57. The van der Waals surface area contributed by atoms with E-state index in [4.69, 9.17) is 36.3 Å². The number of pyridine rings is 1. The van der Waals surface area contributed by atoms with Gasteiger partial charge in [-0.25, -0.2) is 4.98 Å². The van der Waals surface area contributed by atoms with E-state index in [9.17, 15) is 0 Å². The smallest absolute Gasteiger partial charge is 0.171 e. The third-order valence-corrected chi connectivity index (χ3v) is 8.69. The lowest BCUT2D eigenvalue weighted by molar-refractivity contribution is 0.0577. The maximum atomic E-state index is 6.44. The number of hydrogen-bond acceptors (Lipinski definition) is 7. The van der Waals surface area contributed by atoms with Crippen molar-refractivity contribution in [1.29, 1.82) is 0 Å². The molecule has 3 aromatic rings. The van der Waals surface area contributed by atoms with Crippen LogP contribution in [0.4, 0.5) is 5.82 Å². The Morgan fingerprint density at radius 1 is 1.11 bits per heavy atom. The van der Waals surface area contributed by atoms with E-state index in [1.54, 1.807) is 7.11 Å². The molecule has 1 atom stereocenters. The summed E-state index contributed by atoms with van der Waals surface area (Å²) in [6.45, 7) is 7.28. The molecule has 0 bridgehead atoms. The van der Waals surface area contributed by atoms with Crippen LogP contribution in [0.1, 0.15) is 48.1 Å². The van der Waals surface area contributed by atoms with Gasteiger partial charge in [0.1, 0.15) is 5.82 Å². The molecule has 8 nitrogen and oxygen atoms in total. The molecule has 2 aromatic heterocycles. The molecule has 36 heavy (non-hydrogen) atoms. The summed E-state index contributed by atoms with van der Waals surface area (Å²) in [5.74, 6) is 4.33. The maximum Gasteiger partial charge on any atom is 0.171 e. The second-order valence-electron chi connectivity index (χ2n) is 10.9. The van der Waals surface area contributed by atoms with E-state index < -0.39 is 0 Å². The zero-order chi connectivity index (χ0) is 24.4. The highest BCUT2D eigenvalue weighted by molar-refractivity contribution is 6.30. The van der Waals surface area contributed by atoms with Gasteiger partial charge in [0.25, 0.3) is 0 Å². The van der Waals surface area contributed by atoms with Crippen LogP contribution in [-0.2, 0) is 17.8 Å². The number of methoxy groups -OCH3 is 1. The van der Waals surface area contributed by atoms with Gasteiger partial charge in [-0.05, 0) is 62.1 Å². The van der Waals surface area contributed by atoms with E-state index in [0.717, 1.165) is 92.6 Å². The lowest BCUT2D eigenvalue weighted by Gasteiger charge is -2.59. The second kappa shape index (κ2) is 8.43. The first-order chi connectivity index (χ1) is 17.5. The van der Waals surface area contributed by atoms with Gasteiger partial charge in [-0.1, -0.05) is 11.6 Å². The normalized spacial score (nSPS) is 23.1. The number of fused-ring (bicyclic) bond motifs is 3. The molecule has 1 aliphatic carbocycles. The number of aryl methyl sites for hydroxylation is 1. The second-order valence-corrected chi connectivity index (χ2v) is 11.4. The van der Waals surface area contributed by atoms with Gasteiger partial charge >= 0.3 is 0 Å². The molecular formula is C27H31ClN6O2. The number of ether oxygens (including phenoxy) is 2. The molecule has 4 aliphatic rings. The SMILES string of the molecule is COc1ccc(C)nc1N1CC2(CC(c3nnc4n3-c3ccc(Cl)cc3CN([C@@H]3CCOC3)C4)C2)C1. The molecule has 1 aromatic carbocycles. The minimum absolute atomic E-state index is 0.328. The summed E-state index contributed by atoms with van der Waals surface area (Å²) < 4.78 is 13.6. The molecule has 7 rings (SSSR count). The average molecular weight is 507 g/mol. The zero-order valence-corrected chi connectivity index (χ0v) is 21.5. The van der Waals surface area contributed by atoms with Gasteiger partial charge in [0, 0.05) is 54.3 Å². The van der Waals surface area contributed by atoms with E-state index in [-0.39, 0.29) is 0 Å². The fourth-order valence-corrected chi connectivity index (χ4v) is 6.83. The lowest BCUT2D eigenvalue weighted by atomic mass is 9.57. The van der Waals surface area contributed by atoms with Crippen molar-refractivity contribution in [3.05, 3.63) is 58.3 Å². The largest absolute Gasteiger partial charge is 0.493 e. The van der Waals surface area contributed by atoms with Crippen LogP contribution < -0.4 is 9.64 Å². The minimum atomic E-state index is 0.328. The average Bonchev–Trinajstić information content (AvgIpc) is 3.45. The Labute approximate surface area is 216 Å². The third kappa shape index (κ3) is 3.61. The molecule has 3 aliphatic heterocycles. The van der Waals surface area contributed by atoms with Crippen LogP contribution in [0.3, 0.4) is 0 Å². The molecule has 3 fully saturated rings. The van der Waals surface area contributed by atoms with Crippen molar-refractivity contribution in [2.75, 3.05) is 38.3 Å². The van der Waals surface area contributed by atoms with Crippen LogP contribution in [0.25, 0.3) is 5.69 Å². The molecule has 9 heteroatoms. The van der Waals surface area contributed by atoms with Crippen molar-refractivity contribution >= 4 is 17.4 Å². The predicted octanol–water partition coefficient (Wildman–Crippen LogP) is 4.12. The van der Waals surface area contributed by atoms with Gasteiger partial charge in [0.2, 0.25) is 0 Å². The highest BCUT2D eigenvalue weighted by atomic mass is 35.5. The fraction of sp³-hybridized carbons (Fsp3) is 0.519. The number of halogens is 1. The van der Waals surface area contributed by atoms with Crippen molar-refractivity contribution in [3.8, 4) is 11.4 Å². The predicted molar refractivity (Wildman–Crippen MR) is 137 cm³/mol. The first-order valence-corrected chi connectivity index (χ1v) is 13.2. The fourth-order valence-electron chi connectivity index (χ4n) is 6.64. The van der Waals surface area contributed by atoms with E-state index in [1.165, 1.54) is 11.3 Å². The van der Waals surface area contributed by atoms with E-state index in [2.05, 4.69) is 26.5 Å². The lowest BCUT2D eigenvalue weighted by Crippen LogP contribution is -2.62. The zero-order valence-electron chi connectivity index (χ0n) is 20.8. The Morgan fingerprint density at radius 3 is 2.75 bits per heavy atom. The van der Waals surface area contributed by atoms with E-state index >= 15 is 0 Å². The van der Waals surface area contributed by atoms with Crippen LogP contribution in [-0.4, -0.2) is 64.1 Å². The van der Waals surface area contributed by atoms with Gasteiger partial charge < -0.3 is 14.4 Å². The summed E-state index contributed by atoms with van der Waals surface area (Å²) in [6, 6.07) is 10.6. The van der Waals surface area contributed by atoms with Crippen molar-refractivity contribution in [3.63, 3.8) is 0 Å². The molecule has 0 N–H and O–H groups in total. The monoisotopic (exact) mass is 506 g/mol. The molecule has 0 amide bonds. The first-order valence-electron chi connectivity index (χ1n) is 12.8. The number of benzene rings is 1. The van der Waals surface area contributed by atoms with Crippen molar-refractivity contribution < 1.29 is 9.47 Å². The molecule has 5 heterocycles. The van der Waals surface area contributed by atoms with Crippen LogP contribution in [0.2, 0.25) is 5.02 Å². The molecule has 1 saturated carbocycles. The van der Waals surface area contributed by atoms with E-state index in [1.807, 2.05) is 25.1 Å². The Balaban J connectivity index is 1.13. The first kappa shape index (κ1) is 22.5. The molecular weight excluding hydrogens is 476 g/mol. The maximum absolute atomic E-state index is 6.44. The van der Waals surface area contributed by atoms with Gasteiger partial charge in [-0.2, -0.15) is 0 Å². The Morgan fingerprint density at radius 2 is 1.97 bits per heavy atom. The standard InChI is InChI=1S/C27H31ClN6O2/c1-17-3-6-23(35-2)26(29-17)33-15-27(16-33)10-19(11-27)25-31-30-24-13-32(21-7-8-36-14-21)12-18-9-20(28)4-5-22(18)34(24)25/h3-6,9,19,21H,7-8,10-16H2,1-2H3/t21-/m1/s1. The van der Waals surface area contributed by atoms with Crippen molar-refractivity contribution in [1.82, 2.24) is 24.6 Å². The van der Waals surface area contributed by atoms with Crippen LogP contribution in [0.15, 0.2) is 30.3 Å². The van der Waals surface area contributed by atoms with Crippen LogP contribution in [0.5, 0.6) is 5.75 Å². The summed E-state index contributed by atoms with van der Waals surface area (Å²) in [7, 11) is 1.72. The van der Waals surface area contributed by atoms with Gasteiger partial charge in [-0.15, -0.1) is 10.2 Å². The van der Waals surface area contributed by atoms with Gasteiger partial charge in [0.05, 0.1) is 25.9 Å². The van der Waals surface area contributed by atoms with Crippen molar-refractivity contribution in [2.24, 2.45) is 5.41 Å². The van der Waals surface area contributed by atoms with Crippen LogP contribution >= 0.6 is 11.6 Å². The van der Waals surface area contributed by atoms with Gasteiger partial charge in [-0.3, -0.25) is 9.47 Å². The Hall–Kier alpha value is -2.68. The summed E-state index contributed by atoms with van der Waals surface area (Å²) in [5, 5.41) is 10.2. The molecule has 1 spiro atoms.